The van der Waals surface area contributed by atoms with Crippen molar-refractivity contribution in [1.29, 1.82) is 0 Å². The fourth-order valence-corrected chi connectivity index (χ4v) is 5.47. The molecule has 0 saturated carbocycles. The number of hydrogen-bond donors (Lipinski definition) is 2. The van der Waals surface area contributed by atoms with E-state index in [0.29, 0.717) is 36.3 Å². The average Bonchev–Trinajstić information content (AvgIpc) is 3.22. The molecule has 1 fully saturated rings. The van der Waals surface area contributed by atoms with Gasteiger partial charge >= 0.3 is 0 Å². The van der Waals surface area contributed by atoms with Crippen LogP contribution in [0.3, 0.4) is 0 Å². The van der Waals surface area contributed by atoms with Crippen LogP contribution in [-0.2, 0) is 21.2 Å². The highest BCUT2D eigenvalue weighted by Gasteiger charge is 2.27. The van der Waals surface area contributed by atoms with Gasteiger partial charge in [-0.1, -0.05) is 25.1 Å². The molecule has 0 aliphatic carbocycles. The lowest BCUT2D eigenvalue weighted by Crippen LogP contribution is -2.35. The number of aryl methyl sites for hydroxylation is 1. The number of carbonyl (C=O) groups is 1. The molecule has 9 nitrogen and oxygen atoms in total. The van der Waals surface area contributed by atoms with Crippen LogP contribution in [0.5, 0.6) is 5.75 Å². The molecule has 0 bridgehead atoms. The Morgan fingerprint density at radius 2 is 2.03 bits per heavy atom. The van der Waals surface area contributed by atoms with Crippen molar-refractivity contribution in [2.75, 3.05) is 30.8 Å². The molecular weight excluding hydrogens is 438 g/mol. The van der Waals surface area contributed by atoms with Crippen molar-refractivity contribution in [3.63, 3.8) is 0 Å². The number of amides is 1. The number of carbonyl (C=O) groups excluding carboxylic acids is 1. The Morgan fingerprint density at radius 1 is 1.26 bits per heavy atom. The molecule has 0 atom stereocenters. The van der Waals surface area contributed by atoms with Crippen molar-refractivity contribution in [1.82, 2.24) is 19.5 Å². The van der Waals surface area contributed by atoms with Crippen molar-refractivity contribution >= 4 is 33.4 Å². The van der Waals surface area contributed by atoms with Crippen molar-refractivity contribution in [2.45, 2.75) is 56.0 Å². The maximum Gasteiger partial charge on any atom is 0.243 e. The lowest BCUT2D eigenvalue weighted by atomic mass is 10.2. The van der Waals surface area contributed by atoms with Gasteiger partial charge in [-0.3, -0.25) is 9.89 Å². The smallest absolute Gasteiger partial charge is 0.243 e. The van der Waals surface area contributed by atoms with Crippen LogP contribution in [0, 0.1) is 0 Å². The van der Waals surface area contributed by atoms with Gasteiger partial charge in [-0.25, -0.2) is 13.4 Å². The van der Waals surface area contributed by atoms with Crippen molar-refractivity contribution < 1.29 is 17.9 Å². The summed E-state index contributed by atoms with van der Waals surface area (Å²) in [5.41, 5.74) is 0.340. The number of aromatic amines is 1. The molecule has 1 saturated heterocycles. The van der Waals surface area contributed by atoms with Gasteiger partial charge in [0.1, 0.15) is 11.6 Å². The van der Waals surface area contributed by atoms with Crippen molar-refractivity contribution in [3.8, 4) is 5.75 Å². The summed E-state index contributed by atoms with van der Waals surface area (Å²) in [5.74, 6) is 1.03. The quantitative estimate of drug-likeness (QED) is 0.516. The standard InChI is InChI=1S/C20H29N5O4S2/c1-3-8-18-22-20(24-23-18)30-14-19(26)21-16-13-15(9-10-17(16)29-4-2)31(27,28)25-11-6-5-7-12-25/h9-10,13H,3-8,11-12,14H2,1-2H3,(H,21,26)(H,22,23,24). The van der Waals surface area contributed by atoms with E-state index in [9.17, 15) is 13.2 Å². The summed E-state index contributed by atoms with van der Waals surface area (Å²) in [6.07, 6.45) is 4.52. The van der Waals surface area contributed by atoms with E-state index < -0.39 is 10.0 Å². The molecule has 3 rings (SSSR count). The number of rotatable bonds is 10. The summed E-state index contributed by atoms with van der Waals surface area (Å²) in [6.45, 7) is 5.32. The summed E-state index contributed by atoms with van der Waals surface area (Å²) in [6, 6.07) is 4.60. The molecule has 0 unspecified atom stereocenters. The highest BCUT2D eigenvalue weighted by molar-refractivity contribution is 7.99. The summed E-state index contributed by atoms with van der Waals surface area (Å²) < 4.78 is 33.1. The zero-order valence-corrected chi connectivity index (χ0v) is 19.5. The number of H-pyrrole nitrogens is 1. The molecule has 170 valence electrons. The van der Waals surface area contributed by atoms with E-state index in [0.717, 1.165) is 37.9 Å². The van der Waals surface area contributed by atoms with Crippen LogP contribution in [-0.4, -0.2) is 59.3 Å². The van der Waals surface area contributed by atoms with Gasteiger partial charge in [0.05, 0.1) is 22.9 Å². The minimum absolute atomic E-state index is 0.0953. The average molecular weight is 468 g/mol. The second kappa shape index (κ2) is 11.0. The normalized spacial score (nSPS) is 15.0. The molecule has 0 spiro atoms. The van der Waals surface area contributed by atoms with E-state index in [4.69, 9.17) is 4.74 Å². The molecule has 1 aromatic heterocycles. The lowest BCUT2D eigenvalue weighted by molar-refractivity contribution is -0.113. The molecule has 1 amide bonds. The largest absolute Gasteiger partial charge is 0.492 e. The Hall–Kier alpha value is -2.11. The Bertz CT molecular complexity index is 987. The molecule has 1 aliphatic heterocycles. The van der Waals surface area contributed by atoms with E-state index >= 15 is 0 Å². The van der Waals surface area contributed by atoms with E-state index in [2.05, 4.69) is 27.4 Å². The Morgan fingerprint density at radius 3 is 2.74 bits per heavy atom. The number of thioether (sulfide) groups is 1. The van der Waals surface area contributed by atoms with Crippen molar-refractivity contribution in [3.05, 3.63) is 24.0 Å². The zero-order valence-electron chi connectivity index (χ0n) is 17.9. The number of benzene rings is 1. The number of sulfonamides is 1. The molecular formula is C20H29N5O4S2. The first-order chi connectivity index (χ1) is 14.9. The molecule has 31 heavy (non-hydrogen) atoms. The van der Waals surface area contributed by atoms with Crippen LogP contribution in [0.1, 0.15) is 45.4 Å². The van der Waals surface area contributed by atoms with Gasteiger partial charge in [-0.15, -0.1) is 5.10 Å². The van der Waals surface area contributed by atoms with Crippen LogP contribution >= 0.6 is 11.8 Å². The number of nitrogens with zero attached hydrogens (tertiary/aromatic N) is 3. The number of hydrogen-bond acceptors (Lipinski definition) is 7. The van der Waals surface area contributed by atoms with E-state index in [1.54, 1.807) is 6.07 Å². The first-order valence-electron chi connectivity index (χ1n) is 10.5. The molecule has 2 heterocycles. The second-order valence-corrected chi connectivity index (χ2v) is 10.1. The first-order valence-corrected chi connectivity index (χ1v) is 13.0. The van der Waals surface area contributed by atoms with Crippen LogP contribution in [0.25, 0.3) is 0 Å². The molecule has 0 radical (unpaired) electrons. The molecule has 2 aromatic rings. The predicted octanol–water partition coefficient (Wildman–Crippen LogP) is 3.06. The van der Waals surface area contributed by atoms with E-state index in [1.165, 1.54) is 28.2 Å². The third kappa shape index (κ3) is 6.20. The minimum Gasteiger partial charge on any atom is -0.492 e. The molecule has 1 aromatic carbocycles. The summed E-state index contributed by atoms with van der Waals surface area (Å²) in [7, 11) is -3.61. The maximum atomic E-state index is 13.0. The molecule has 2 N–H and O–H groups in total. The van der Waals surface area contributed by atoms with Crippen LogP contribution in [0.15, 0.2) is 28.3 Å². The monoisotopic (exact) mass is 467 g/mol. The third-order valence-corrected chi connectivity index (χ3v) is 7.55. The van der Waals surface area contributed by atoms with Gasteiger partial charge in [0, 0.05) is 19.5 Å². The topological polar surface area (TPSA) is 117 Å². The second-order valence-electron chi connectivity index (χ2n) is 7.21. The number of aromatic nitrogens is 3. The highest BCUT2D eigenvalue weighted by Crippen LogP contribution is 2.30. The van der Waals surface area contributed by atoms with Gasteiger partial charge in [0.25, 0.3) is 0 Å². The zero-order chi connectivity index (χ0) is 22.3. The van der Waals surface area contributed by atoms with Crippen LogP contribution < -0.4 is 10.1 Å². The number of piperidine rings is 1. The fourth-order valence-electron chi connectivity index (χ4n) is 3.31. The Labute approximate surface area is 187 Å². The first kappa shape index (κ1) is 23.6. The maximum absolute atomic E-state index is 13.0. The van der Waals surface area contributed by atoms with Gasteiger partial charge < -0.3 is 10.1 Å². The number of ether oxygens (including phenoxy) is 1. The van der Waals surface area contributed by atoms with Crippen LogP contribution in [0.2, 0.25) is 0 Å². The van der Waals surface area contributed by atoms with E-state index in [-0.39, 0.29) is 16.6 Å². The van der Waals surface area contributed by atoms with Gasteiger partial charge in [-0.05, 0) is 44.4 Å². The summed E-state index contributed by atoms with van der Waals surface area (Å²) in [5, 5.41) is 10.2. The Kier molecular flexibility index (Phi) is 8.33. The third-order valence-electron chi connectivity index (χ3n) is 4.81. The summed E-state index contributed by atoms with van der Waals surface area (Å²) in [4.78, 5) is 17.0. The summed E-state index contributed by atoms with van der Waals surface area (Å²) >= 11 is 1.21. The fraction of sp³-hybridized carbons (Fsp3) is 0.550. The highest BCUT2D eigenvalue weighted by atomic mass is 32.2. The number of anilines is 1. The minimum atomic E-state index is -3.61. The lowest BCUT2D eigenvalue weighted by Gasteiger charge is -2.26. The number of nitrogens with one attached hydrogen (secondary N) is 2. The van der Waals surface area contributed by atoms with Crippen molar-refractivity contribution in [2.24, 2.45) is 0 Å². The van der Waals surface area contributed by atoms with Crippen LogP contribution in [0.4, 0.5) is 5.69 Å². The molecule has 11 heteroatoms. The Balaban J connectivity index is 1.71. The van der Waals surface area contributed by atoms with Gasteiger partial charge in [-0.2, -0.15) is 4.31 Å². The van der Waals surface area contributed by atoms with E-state index in [1.807, 2.05) is 6.92 Å². The van der Waals surface area contributed by atoms with Gasteiger partial charge in [0.15, 0.2) is 0 Å². The van der Waals surface area contributed by atoms with Gasteiger partial charge in [0.2, 0.25) is 21.1 Å². The molecule has 1 aliphatic rings. The predicted molar refractivity (Wildman–Crippen MR) is 120 cm³/mol. The SMILES string of the molecule is CCCc1nc(SCC(=O)Nc2cc(S(=O)(=O)N3CCCCC3)ccc2OCC)n[nH]1.